The molecule has 3 N–H and O–H groups in total. The van der Waals surface area contributed by atoms with Gasteiger partial charge >= 0.3 is 0 Å². The van der Waals surface area contributed by atoms with Gasteiger partial charge in [-0.2, -0.15) is 0 Å². The number of aromatic amines is 1. The van der Waals surface area contributed by atoms with Crippen LogP contribution >= 0.6 is 11.6 Å². The molecular weight excluding hydrogens is 358 g/mol. The van der Waals surface area contributed by atoms with Crippen molar-refractivity contribution in [1.82, 2.24) is 9.97 Å². The highest BCUT2D eigenvalue weighted by molar-refractivity contribution is 6.35. The maximum absolute atomic E-state index is 6.47. The average molecular weight is 380 g/mol. The number of para-hydroxylation sites is 1. The number of nitrogens with zero attached hydrogens (tertiary/aromatic N) is 1. The lowest BCUT2D eigenvalue weighted by atomic mass is 9.97. The summed E-state index contributed by atoms with van der Waals surface area (Å²) < 4.78 is 5.50. The van der Waals surface area contributed by atoms with Crippen molar-refractivity contribution in [3.8, 4) is 17.0 Å². The Hall–Kier alpha value is -2.56. The first-order valence-corrected chi connectivity index (χ1v) is 9.53. The summed E-state index contributed by atoms with van der Waals surface area (Å²) >= 11 is 6.47. The second-order valence-electron chi connectivity index (χ2n) is 6.60. The van der Waals surface area contributed by atoms with Crippen LogP contribution in [0.5, 0.6) is 5.75 Å². The van der Waals surface area contributed by atoms with Gasteiger partial charge in [0.1, 0.15) is 11.3 Å². The predicted molar refractivity (Wildman–Crippen MR) is 113 cm³/mol. The Morgan fingerprint density at radius 2 is 1.93 bits per heavy atom. The quantitative estimate of drug-likeness (QED) is 0.445. The molecule has 0 aliphatic heterocycles. The van der Waals surface area contributed by atoms with Crippen LogP contribution in [0.4, 0.5) is 0 Å². The first-order valence-electron chi connectivity index (χ1n) is 9.16. The fourth-order valence-corrected chi connectivity index (χ4v) is 3.92. The smallest absolute Gasteiger partial charge is 0.145 e. The van der Waals surface area contributed by atoms with Crippen LogP contribution in [0.2, 0.25) is 5.02 Å². The molecule has 5 heteroatoms. The number of hydrogen-bond acceptors (Lipinski definition) is 3. The molecule has 0 amide bonds. The summed E-state index contributed by atoms with van der Waals surface area (Å²) in [6, 6.07) is 14.1. The van der Waals surface area contributed by atoms with Gasteiger partial charge in [0.2, 0.25) is 0 Å². The van der Waals surface area contributed by atoms with Gasteiger partial charge < -0.3 is 15.5 Å². The predicted octanol–water partition coefficient (Wildman–Crippen LogP) is 5.33. The van der Waals surface area contributed by atoms with Crippen LogP contribution in [0.25, 0.3) is 33.1 Å². The largest absolute Gasteiger partial charge is 0.494 e. The summed E-state index contributed by atoms with van der Waals surface area (Å²) in [5.74, 6) is 0.771. The van der Waals surface area contributed by atoms with Crippen molar-refractivity contribution in [3.05, 3.63) is 59.2 Å². The number of halogens is 1. The van der Waals surface area contributed by atoms with Crippen molar-refractivity contribution in [2.24, 2.45) is 5.73 Å². The number of benzene rings is 2. The molecule has 2 aromatic carbocycles. The molecule has 138 valence electrons. The number of methoxy groups -OCH3 is 1. The third-order valence-electron chi connectivity index (χ3n) is 4.99. The zero-order chi connectivity index (χ0) is 18.8. The second-order valence-corrected chi connectivity index (χ2v) is 7.01. The topological polar surface area (TPSA) is 63.9 Å². The number of nitrogens with two attached hydrogens (primary N) is 1. The zero-order valence-electron chi connectivity index (χ0n) is 15.3. The molecule has 0 bridgehead atoms. The van der Waals surface area contributed by atoms with Gasteiger partial charge in [-0.3, -0.25) is 4.98 Å². The molecule has 27 heavy (non-hydrogen) atoms. The van der Waals surface area contributed by atoms with Crippen molar-refractivity contribution < 1.29 is 4.74 Å². The number of pyridine rings is 1. The Balaban J connectivity index is 1.97. The van der Waals surface area contributed by atoms with Gasteiger partial charge in [-0.25, -0.2) is 0 Å². The van der Waals surface area contributed by atoms with E-state index < -0.39 is 0 Å². The molecule has 0 aliphatic rings. The van der Waals surface area contributed by atoms with E-state index in [9.17, 15) is 0 Å². The molecule has 4 nitrogen and oxygen atoms in total. The van der Waals surface area contributed by atoms with E-state index in [1.54, 1.807) is 13.3 Å². The van der Waals surface area contributed by atoms with E-state index in [4.69, 9.17) is 22.1 Å². The molecule has 0 atom stereocenters. The molecule has 4 aromatic rings. The van der Waals surface area contributed by atoms with E-state index in [0.717, 1.165) is 57.7 Å². The highest BCUT2D eigenvalue weighted by Crippen LogP contribution is 2.39. The van der Waals surface area contributed by atoms with Crippen molar-refractivity contribution in [2.75, 3.05) is 13.7 Å². The van der Waals surface area contributed by atoms with Gasteiger partial charge in [-0.05, 0) is 55.6 Å². The Labute approximate surface area is 163 Å². The first kappa shape index (κ1) is 17.8. The van der Waals surface area contributed by atoms with Gasteiger partial charge in [-0.15, -0.1) is 0 Å². The van der Waals surface area contributed by atoms with Crippen molar-refractivity contribution >= 4 is 33.4 Å². The Morgan fingerprint density at radius 1 is 1.07 bits per heavy atom. The second kappa shape index (κ2) is 7.59. The van der Waals surface area contributed by atoms with E-state index >= 15 is 0 Å². The molecule has 0 aliphatic carbocycles. The van der Waals surface area contributed by atoms with Crippen LogP contribution in [0, 0.1) is 0 Å². The van der Waals surface area contributed by atoms with Gasteiger partial charge in [-0.1, -0.05) is 29.8 Å². The van der Waals surface area contributed by atoms with Crippen molar-refractivity contribution in [2.45, 2.75) is 19.3 Å². The van der Waals surface area contributed by atoms with Crippen LogP contribution in [-0.4, -0.2) is 23.6 Å². The first-order chi connectivity index (χ1) is 13.2. The molecule has 2 aromatic heterocycles. The minimum absolute atomic E-state index is 0.702. The molecule has 0 radical (unpaired) electrons. The third kappa shape index (κ3) is 3.15. The average Bonchev–Trinajstić information content (AvgIpc) is 3.07. The lowest BCUT2D eigenvalue weighted by molar-refractivity contribution is 0.419. The molecule has 0 unspecified atom stereocenters. The number of nitrogens with one attached hydrogen (secondary N) is 1. The number of hydrogen-bond donors (Lipinski definition) is 2. The summed E-state index contributed by atoms with van der Waals surface area (Å²) in [6.45, 7) is 0.702. The van der Waals surface area contributed by atoms with Crippen molar-refractivity contribution in [3.63, 3.8) is 0 Å². The number of fused-ring (bicyclic) bond motifs is 2. The summed E-state index contributed by atoms with van der Waals surface area (Å²) in [7, 11) is 1.67. The number of unbranched alkanes of at least 4 members (excludes halogenated alkanes) is 1. The third-order valence-corrected chi connectivity index (χ3v) is 5.31. The van der Waals surface area contributed by atoms with Crippen LogP contribution < -0.4 is 10.5 Å². The minimum Gasteiger partial charge on any atom is -0.494 e. The van der Waals surface area contributed by atoms with Crippen LogP contribution in [0.15, 0.2) is 48.7 Å². The minimum atomic E-state index is 0.702. The van der Waals surface area contributed by atoms with Gasteiger partial charge in [0.15, 0.2) is 0 Å². The molecule has 0 fully saturated rings. The highest BCUT2D eigenvalue weighted by atomic mass is 35.5. The molecule has 0 saturated carbocycles. The SMILES string of the molecule is COc1ccc(-c2[nH]c3c(Cl)cccc3c2CCCCN)c2cccnc12. The summed E-state index contributed by atoms with van der Waals surface area (Å²) in [5, 5.41) is 2.96. The van der Waals surface area contributed by atoms with Gasteiger partial charge in [0, 0.05) is 22.5 Å². The number of aromatic nitrogens is 2. The molecule has 0 saturated heterocycles. The number of rotatable bonds is 6. The van der Waals surface area contributed by atoms with E-state index in [0.29, 0.717) is 6.54 Å². The van der Waals surface area contributed by atoms with E-state index in [2.05, 4.69) is 28.2 Å². The monoisotopic (exact) mass is 379 g/mol. The summed E-state index contributed by atoms with van der Waals surface area (Å²) in [6.07, 6.45) is 4.77. The molecule has 0 spiro atoms. The maximum Gasteiger partial charge on any atom is 0.145 e. The van der Waals surface area contributed by atoms with E-state index in [1.807, 2.05) is 24.3 Å². The Morgan fingerprint density at radius 3 is 2.74 bits per heavy atom. The van der Waals surface area contributed by atoms with Gasteiger partial charge in [0.25, 0.3) is 0 Å². The summed E-state index contributed by atoms with van der Waals surface area (Å²) in [5.41, 5.74) is 11.0. The van der Waals surface area contributed by atoms with Crippen LogP contribution in [0.1, 0.15) is 18.4 Å². The highest BCUT2D eigenvalue weighted by Gasteiger charge is 2.18. The normalized spacial score (nSPS) is 11.4. The number of H-pyrrole nitrogens is 1. The fraction of sp³-hybridized carbons (Fsp3) is 0.227. The zero-order valence-corrected chi connectivity index (χ0v) is 16.0. The van der Waals surface area contributed by atoms with Crippen LogP contribution in [-0.2, 0) is 6.42 Å². The standard InChI is InChI=1S/C22H22ClN3O/c1-27-19-11-10-17(16-8-5-13-25-22(16)19)20-14(6-2-3-12-24)15-7-4-9-18(23)21(15)26-20/h4-5,7-11,13,26H,2-3,6,12,24H2,1H3. The van der Waals surface area contributed by atoms with Gasteiger partial charge in [0.05, 0.1) is 23.3 Å². The summed E-state index contributed by atoms with van der Waals surface area (Å²) in [4.78, 5) is 8.11. The maximum atomic E-state index is 6.47. The molecule has 4 rings (SSSR count). The lowest BCUT2D eigenvalue weighted by Gasteiger charge is -2.11. The molecular formula is C22H22ClN3O. The lowest BCUT2D eigenvalue weighted by Crippen LogP contribution is -1.99. The van der Waals surface area contributed by atoms with Crippen LogP contribution in [0.3, 0.4) is 0 Å². The number of aryl methyl sites for hydroxylation is 1. The Kier molecular flexibility index (Phi) is 5.01. The molecule has 2 heterocycles. The van der Waals surface area contributed by atoms with E-state index in [1.165, 1.54) is 10.9 Å². The number of ether oxygens (including phenoxy) is 1. The van der Waals surface area contributed by atoms with Crippen molar-refractivity contribution in [1.29, 1.82) is 0 Å². The Bertz CT molecular complexity index is 1100. The van der Waals surface area contributed by atoms with E-state index in [-0.39, 0.29) is 0 Å². The fourth-order valence-electron chi connectivity index (χ4n) is 3.70.